The lowest BCUT2D eigenvalue weighted by molar-refractivity contribution is 0.394. The molecule has 1 aliphatic heterocycles. The van der Waals surface area contributed by atoms with Crippen molar-refractivity contribution in [2.24, 2.45) is 0 Å². The smallest absolute Gasteiger partial charge is 0.203 e. The summed E-state index contributed by atoms with van der Waals surface area (Å²) in [5.74, 6) is 2.52. The lowest BCUT2D eigenvalue weighted by atomic mass is 10.1. The molecule has 0 radical (unpaired) electrons. The first kappa shape index (κ1) is 16.6. The van der Waals surface area contributed by atoms with Crippen LogP contribution in [0.3, 0.4) is 0 Å². The van der Waals surface area contributed by atoms with Crippen LogP contribution in [0, 0.1) is 0 Å². The first-order valence-corrected chi connectivity index (χ1v) is 8.94. The number of rotatable bonds is 5. The molecule has 2 heterocycles. The van der Waals surface area contributed by atoms with E-state index in [-0.39, 0.29) is 0 Å². The van der Waals surface area contributed by atoms with Crippen molar-refractivity contribution in [3.8, 4) is 11.5 Å². The molecule has 6 heteroatoms. The number of para-hydroxylation sites is 2. The zero-order valence-electron chi connectivity index (χ0n) is 15.2. The van der Waals surface area contributed by atoms with E-state index in [9.17, 15) is 0 Å². The van der Waals surface area contributed by atoms with E-state index < -0.39 is 0 Å². The minimum atomic E-state index is 0.341. The second-order valence-electron chi connectivity index (χ2n) is 6.61. The molecule has 1 aromatic heterocycles. The van der Waals surface area contributed by atoms with Crippen LogP contribution in [0.1, 0.15) is 12.8 Å². The van der Waals surface area contributed by atoms with E-state index in [4.69, 9.17) is 14.5 Å². The van der Waals surface area contributed by atoms with Gasteiger partial charge in [-0.3, -0.25) is 0 Å². The molecule has 1 fully saturated rings. The topological polar surface area (TPSA) is 62.4 Å². The Morgan fingerprint density at radius 2 is 1.88 bits per heavy atom. The van der Waals surface area contributed by atoms with E-state index in [1.807, 2.05) is 36.4 Å². The lowest BCUT2D eigenvalue weighted by Gasteiger charge is -2.33. The Morgan fingerprint density at radius 3 is 2.62 bits per heavy atom. The van der Waals surface area contributed by atoms with Crippen molar-refractivity contribution in [3.05, 3.63) is 42.5 Å². The van der Waals surface area contributed by atoms with Gasteiger partial charge >= 0.3 is 0 Å². The fourth-order valence-electron chi connectivity index (χ4n) is 3.50. The number of methoxy groups -OCH3 is 2. The van der Waals surface area contributed by atoms with Crippen molar-refractivity contribution < 1.29 is 9.47 Å². The summed E-state index contributed by atoms with van der Waals surface area (Å²) in [4.78, 5) is 10.5. The van der Waals surface area contributed by atoms with Crippen LogP contribution in [0.15, 0.2) is 42.5 Å². The third-order valence-corrected chi connectivity index (χ3v) is 4.82. The molecule has 1 aliphatic rings. The van der Waals surface area contributed by atoms with Crippen LogP contribution >= 0.6 is 0 Å². The molecule has 4 rings (SSSR count). The maximum absolute atomic E-state index is 5.37. The largest absolute Gasteiger partial charge is 0.497 e. The summed E-state index contributed by atoms with van der Waals surface area (Å²) in [5, 5.41) is 3.62. The highest BCUT2D eigenvalue weighted by Gasteiger charge is 2.22. The van der Waals surface area contributed by atoms with Crippen molar-refractivity contribution >= 4 is 22.7 Å². The number of imidazole rings is 1. The van der Waals surface area contributed by atoms with E-state index >= 15 is 0 Å². The van der Waals surface area contributed by atoms with Crippen LogP contribution < -0.4 is 19.7 Å². The summed E-state index contributed by atoms with van der Waals surface area (Å²) in [5.41, 5.74) is 3.10. The second-order valence-corrected chi connectivity index (χ2v) is 6.61. The van der Waals surface area contributed by atoms with Crippen molar-refractivity contribution in [3.63, 3.8) is 0 Å². The molecule has 1 unspecified atom stereocenters. The number of hydrogen-bond acceptors (Lipinski definition) is 5. The third kappa shape index (κ3) is 3.40. The van der Waals surface area contributed by atoms with Crippen LogP contribution in [0.2, 0.25) is 0 Å². The Morgan fingerprint density at radius 1 is 1.12 bits per heavy atom. The van der Waals surface area contributed by atoms with Crippen LogP contribution in [0.4, 0.5) is 11.6 Å². The number of fused-ring (bicyclic) bond motifs is 1. The monoisotopic (exact) mass is 352 g/mol. The number of benzene rings is 2. The summed E-state index contributed by atoms with van der Waals surface area (Å²) in [7, 11) is 3.34. The van der Waals surface area contributed by atoms with E-state index in [0.717, 1.165) is 60.1 Å². The van der Waals surface area contributed by atoms with E-state index in [2.05, 4.69) is 21.3 Å². The number of anilines is 2. The normalized spacial score (nSPS) is 17.3. The van der Waals surface area contributed by atoms with Gasteiger partial charge in [0, 0.05) is 43.0 Å². The number of nitrogens with one attached hydrogen (secondary N) is 2. The van der Waals surface area contributed by atoms with Gasteiger partial charge in [0.05, 0.1) is 25.3 Å². The van der Waals surface area contributed by atoms with Crippen LogP contribution in [-0.4, -0.2) is 43.3 Å². The highest BCUT2D eigenvalue weighted by atomic mass is 16.5. The molecular weight excluding hydrogens is 328 g/mol. The molecule has 0 bridgehead atoms. The van der Waals surface area contributed by atoms with E-state index in [1.54, 1.807) is 14.2 Å². The molecule has 1 saturated heterocycles. The minimum absolute atomic E-state index is 0.341. The maximum atomic E-state index is 5.37. The highest BCUT2D eigenvalue weighted by Crippen LogP contribution is 2.28. The lowest BCUT2D eigenvalue weighted by Crippen LogP contribution is -2.42. The molecule has 0 saturated carbocycles. The van der Waals surface area contributed by atoms with Gasteiger partial charge in [0.2, 0.25) is 5.95 Å². The predicted molar refractivity (Wildman–Crippen MR) is 104 cm³/mol. The maximum Gasteiger partial charge on any atom is 0.203 e. The number of H-pyrrole nitrogens is 1. The van der Waals surface area contributed by atoms with Gasteiger partial charge in [0.15, 0.2) is 0 Å². The standard InChI is InChI=1S/C20H24N4O2/c1-25-16-10-15(11-17(12-16)26-2)21-14-6-5-9-24(13-14)20-22-18-7-3-4-8-19(18)23-20/h3-4,7-8,10-12,14,21H,5-6,9,13H2,1-2H3,(H,22,23). The van der Waals surface area contributed by atoms with E-state index in [0.29, 0.717) is 6.04 Å². The Labute approximate surface area is 153 Å². The van der Waals surface area contributed by atoms with Crippen molar-refractivity contribution in [2.45, 2.75) is 18.9 Å². The summed E-state index contributed by atoms with van der Waals surface area (Å²) in [6.45, 7) is 1.92. The van der Waals surface area contributed by atoms with Gasteiger partial charge in [0.25, 0.3) is 0 Å². The molecule has 1 atom stereocenters. The number of aromatic nitrogens is 2. The molecule has 6 nitrogen and oxygen atoms in total. The Hall–Kier alpha value is -2.89. The minimum Gasteiger partial charge on any atom is -0.497 e. The molecule has 2 N–H and O–H groups in total. The summed E-state index contributed by atoms with van der Waals surface area (Å²) in [6.07, 6.45) is 2.24. The Balaban J connectivity index is 1.50. The molecule has 0 spiro atoms. The summed E-state index contributed by atoms with van der Waals surface area (Å²) >= 11 is 0. The van der Waals surface area contributed by atoms with Gasteiger partial charge in [-0.25, -0.2) is 4.98 Å². The fourth-order valence-corrected chi connectivity index (χ4v) is 3.50. The van der Waals surface area contributed by atoms with Gasteiger partial charge in [0.1, 0.15) is 11.5 Å². The molecule has 136 valence electrons. The average molecular weight is 352 g/mol. The molecule has 26 heavy (non-hydrogen) atoms. The van der Waals surface area contributed by atoms with Gasteiger partial charge in [-0.05, 0) is 25.0 Å². The molecule has 0 aliphatic carbocycles. The molecule has 2 aromatic carbocycles. The number of piperidine rings is 1. The molecule has 0 amide bonds. The zero-order chi connectivity index (χ0) is 17.9. The van der Waals surface area contributed by atoms with Crippen LogP contribution in [0.25, 0.3) is 11.0 Å². The average Bonchev–Trinajstić information content (AvgIpc) is 3.12. The Bertz CT molecular complexity index is 837. The predicted octanol–water partition coefficient (Wildman–Crippen LogP) is 3.66. The quantitative estimate of drug-likeness (QED) is 0.734. The number of aromatic amines is 1. The highest BCUT2D eigenvalue weighted by molar-refractivity contribution is 5.77. The summed E-state index contributed by atoms with van der Waals surface area (Å²) < 4.78 is 10.7. The van der Waals surface area contributed by atoms with Gasteiger partial charge in [-0.15, -0.1) is 0 Å². The second kappa shape index (κ2) is 7.15. The van der Waals surface area contributed by atoms with Gasteiger partial charge < -0.3 is 24.7 Å². The van der Waals surface area contributed by atoms with Gasteiger partial charge in [-0.2, -0.15) is 0 Å². The third-order valence-electron chi connectivity index (χ3n) is 4.82. The Kier molecular flexibility index (Phi) is 4.56. The number of hydrogen-bond donors (Lipinski definition) is 2. The first-order chi connectivity index (χ1) is 12.7. The SMILES string of the molecule is COc1cc(NC2CCCN(c3nc4ccccc4[nH]3)C2)cc(OC)c1. The molecular formula is C20H24N4O2. The summed E-state index contributed by atoms with van der Waals surface area (Å²) in [6, 6.07) is 14.4. The first-order valence-electron chi connectivity index (χ1n) is 8.94. The molecule has 3 aromatic rings. The number of nitrogens with zero attached hydrogens (tertiary/aromatic N) is 2. The van der Waals surface area contributed by atoms with Crippen molar-refractivity contribution in [2.75, 3.05) is 37.5 Å². The van der Waals surface area contributed by atoms with E-state index in [1.165, 1.54) is 0 Å². The fraction of sp³-hybridized carbons (Fsp3) is 0.350. The van der Waals surface area contributed by atoms with Crippen LogP contribution in [-0.2, 0) is 0 Å². The number of ether oxygens (including phenoxy) is 2. The van der Waals surface area contributed by atoms with Crippen LogP contribution in [0.5, 0.6) is 11.5 Å². The zero-order valence-corrected chi connectivity index (χ0v) is 15.2. The van der Waals surface area contributed by atoms with Gasteiger partial charge in [-0.1, -0.05) is 12.1 Å². The van der Waals surface area contributed by atoms with Crippen molar-refractivity contribution in [1.29, 1.82) is 0 Å². The van der Waals surface area contributed by atoms with Crippen molar-refractivity contribution in [1.82, 2.24) is 9.97 Å².